The molecule has 0 aromatic heterocycles. The topological polar surface area (TPSA) is 46.2 Å². The molecule has 0 unspecified atom stereocenters. The van der Waals surface area contributed by atoms with Gasteiger partial charge in [-0.1, -0.05) is 30.3 Å². The van der Waals surface area contributed by atoms with Crippen molar-refractivity contribution in [3.8, 4) is 0 Å². The molecule has 1 atom stereocenters. The molecule has 1 rings (SSSR count). The quantitative estimate of drug-likeness (QED) is 0.808. The number of rotatable bonds is 5. The summed E-state index contributed by atoms with van der Waals surface area (Å²) in [6, 6.07) is 9.19. The molecule has 1 aromatic rings. The molecule has 84 valence electrons. The van der Waals surface area contributed by atoms with Gasteiger partial charge in [-0.2, -0.15) is 0 Å². The Kier molecular flexibility index (Phi) is 4.57. The van der Waals surface area contributed by atoms with Gasteiger partial charge in [0.1, 0.15) is 0 Å². The van der Waals surface area contributed by atoms with E-state index in [0.29, 0.717) is 0 Å². The van der Waals surface area contributed by atoms with Gasteiger partial charge < -0.3 is 0 Å². The average molecular weight is 248 g/mol. The van der Waals surface area contributed by atoms with E-state index in [0.717, 1.165) is 5.56 Å². The van der Waals surface area contributed by atoms with Gasteiger partial charge in [0.05, 0.1) is 5.75 Å². The Hall–Kier alpha value is -0.580. The number of halogens is 1. The first-order chi connectivity index (χ1) is 7.05. The number of sulfonamides is 1. The highest BCUT2D eigenvalue weighted by Gasteiger charge is 2.14. The molecule has 3 nitrogen and oxygen atoms in total. The van der Waals surface area contributed by atoms with Crippen LogP contribution in [-0.4, -0.2) is 20.1 Å². The number of benzene rings is 1. The van der Waals surface area contributed by atoms with Crippen molar-refractivity contribution in [3.05, 3.63) is 35.9 Å². The minimum absolute atomic E-state index is 0.0499. The second-order valence-electron chi connectivity index (χ2n) is 3.26. The van der Waals surface area contributed by atoms with Crippen molar-refractivity contribution in [2.24, 2.45) is 0 Å². The summed E-state index contributed by atoms with van der Waals surface area (Å²) in [5.74, 6) is 0.0581. The summed E-state index contributed by atoms with van der Waals surface area (Å²) >= 11 is 5.40. The van der Waals surface area contributed by atoms with E-state index in [1.54, 1.807) is 6.92 Å². The van der Waals surface area contributed by atoms with Gasteiger partial charge in [-0.15, -0.1) is 11.6 Å². The molecule has 0 aliphatic carbocycles. The van der Waals surface area contributed by atoms with Crippen LogP contribution < -0.4 is 4.72 Å². The van der Waals surface area contributed by atoms with Gasteiger partial charge in [0.2, 0.25) is 10.0 Å². The highest BCUT2D eigenvalue weighted by atomic mass is 35.5. The Morgan fingerprint density at radius 3 is 2.47 bits per heavy atom. The van der Waals surface area contributed by atoms with Crippen LogP contribution in [0.25, 0.3) is 0 Å². The van der Waals surface area contributed by atoms with Gasteiger partial charge in [-0.05, 0) is 12.5 Å². The third-order valence-electron chi connectivity index (χ3n) is 2.00. The molecule has 0 radical (unpaired) electrons. The predicted octanol–water partition coefficient (Wildman–Crippen LogP) is 1.91. The van der Waals surface area contributed by atoms with Crippen molar-refractivity contribution >= 4 is 21.6 Å². The molecule has 0 aliphatic rings. The molecule has 0 bridgehead atoms. The number of hydrogen-bond acceptors (Lipinski definition) is 2. The van der Waals surface area contributed by atoms with Crippen molar-refractivity contribution in [3.63, 3.8) is 0 Å². The molecule has 1 N–H and O–H groups in total. The fourth-order valence-electron chi connectivity index (χ4n) is 1.24. The second-order valence-corrected chi connectivity index (χ2v) is 5.51. The fraction of sp³-hybridized carbons (Fsp3) is 0.400. The zero-order chi connectivity index (χ0) is 11.3. The lowest BCUT2D eigenvalue weighted by molar-refractivity contribution is 0.568. The minimum Gasteiger partial charge on any atom is -0.212 e. The van der Waals surface area contributed by atoms with Crippen LogP contribution in [0.3, 0.4) is 0 Å². The normalized spacial score (nSPS) is 13.7. The van der Waals surface area contributed by atoms with Crippen molar-refractivity contribution in [1.82, 2.24) is 4.72 Å². The van der Waals surface area contributed by atoms with Crippen LogP contribution in [-0.2, 0) is 10.0 Å². The van der Waals surface area contributed by atoms with E-state index in [1.165, 1.54) is 0 Å². The summed E-state index contributed by atoms with van der Waals surface area (Å²) in [4.78, 5) is 0. The van der Waals surface area contributed by atoms with E-state index in [-0.39, 0.29) is 17.7 Å². The van der Waals surface area contributed by atoms with Crippen molar-refractivity contribution in [1.29, 1.82) is 0 Å². The molecular weight excluding hydrogens is 234 g/mol. The lowest BCUT2D eigenvalue weighted by Crippen LogP contribution is -2.29. The molecule has 0 saturated carbocycles. The fourth-order valence-corrected chi connectivity index (χ4v) is 2.84. The first-order valence-corrected chi connectivity index (χ1v) is 6.85. The Morgan fingerprint density at radius 1 is 1.33 bits per heavy atom. The standard InChI is InChI=1S/C10H14ClNO2S/c1-9(10-5-3-2-4-6-10)12-15(13,14)8-7-11/h2-6,9,12H,7-8H2,1H3/t9-/m1/s1. The SMILES string of the molecule is C[C@@H](NS(=O)(=O)CCCl)c1ccccc1. The lowest BCUT2D eigenvalue weighted by Gasteiger charge is -2.13. The largest absolute Gasteiger partial charge is 0.213 e. The molecular formula is C10H14ClNO2S. The Bertz CT molecular complexity index is 391. The maximum Gasteiger partial charge on any atom is 0.213 e. The van der Waals surface area contributed by atoms with Crippen LogP contribution in [0.5, 0.6) is 0 Å². The maximum atomic E-state index is 11.4. The smallest absolute Gasteiger partial charge is 0.212 e. The van der Waals surface area contributed by atoms with E-state index in [9.17, 15) is 8.42 Å². The van der Waals surface area contributed by atoms with Gasteiger partial charge >= 0.3 is 0 Å². The number of nitrogens with one attached hydrogen (secondary N) is 1. The molecule has 5 heteroatoms. The van der Waals surface area contributed by atoms with Gasteiger partial charge in [0, 0.05) is 11.9 Å². The first-order valence-electron chi connectivity index (χ1n) is 4.66. The van der Waals surface area contributed by atoms with Crippen LogP contribution in [0.4, 0.5) is 0 Å². The summed E-state index contributed by atoms with van der Waals surface area (Å²) < 4.78 is 25.4. The highest BCUT2D eigenvalue weighted by molar-refractivity contribution is 7.89. The molecule has 0 amide bonds. The number of hydrogen-bond donors (Lipinski definition) is 1. The molecule has 0 spiro atoms. The monoisotopic (exact) mass is 247 g/mol. The van der Waals surface area contributed by atoms with E-state index >= 15 is 0 Å². The molecule has 0 aliphatic heterocycles. The zero-order valence-electron chi connectivity index (χ0n) is 8.48. The Morgan fingerprint density at radius 2 is 1.93 bits per heavy atom. The van der Waals surface area contributed by atoms with Crippen LogP contribution in [0.1, 0.15) is 18.5 Å². The molecule has 1 aromatic carbocycles. The van der Waals surface area contributed by atoms with Crippen molar-refractivity contribution < 1.29 is 8.42 Å². The second kappa shape index (κ2) is 5.49. The highest BCUT2D eigenvalue weighted by Crippen LogP contribution is 2.12. The lowest BCUT2D eigenvalue weighted by atomic mass is 10.1. The Balaban J connectivity index is 2.68. The molecule has 15 heavy (non-hydrogen) atoms. The maximum absolute atomic E-state index is 11.4. The van der Waals surface area contributed by atoms with Gasteiger partial charge in [0.15, 0.2) is 0 Å². The van der Waals surface area contributed by atoms with Crippen molar-refractivity contribution in [2.45, 2.75) is 13.0 Å². The summed E-state index contributed by atoms with van der Waals surface area (Å²) in [5.41, 5.74) is 0.940. The van der Waals surface area contributed by atoms with E-state index in [4.69, 9.17) is 11.6 Å². The average Bonchev–Trinajstić information content (AvgIpc) is 2.18. The third-order valence-corrected chi connectivity index (χ3v) is 3.87. The summed E-state index contributed by atoms with van der Waals surface area (Å²) in [5, 5.41) is 0. The van der Waals surface area contributed by atoms with E-state index < -0.39 is 10.0 Å². The predicted molar refractivity (Wildman–Crippen MR) is 62.5 cm³/mol. The zero-order valence-corrected chi connectivity index (χ0v) is 10.1. The summed E-state index contributed by atoms with van der Waals surface area (Å²) in [6.45, 7) is 1.81. The van der Waals surface area contributed by atoms with Crippen LogP contribution >= 0.6 is 11.6 Å². The van der Waals surface area contributed by atoms with Gasteiger partial charge in [-0.3, -0.25) is 0 Å². The number of alkyl halides is 1. The van der Waals surface area contributed by atoms with E-state index in [2.05, 4.69) is 4.72 Å². The minimum atomic E-state index is -3.26. The van der Waals surface area contributed by atoms with Crippen LogP contribution in [0.2, 0.25) is 0 Å². The first kappa shape index (κ1) is 12.5. The van der Waals surface area contributed by atoms with Gasteiger partial charge in [0.25, 0.3) is 0 Å². The van der Waals surface area contributed by atoms with Crippen LogP contribution in [0, 0.1) is 0 Å². The Labute approximate surface area is 95.5 Å². The molecule has 0 heterocycles. The van der Waals surface area contributed by atoms with Gasteiger partial charge in [-0.25, -0.2) is 13.1 Å². The summed E-state index contributed by atoms with van der Waals surface area (Å²) in [6.07, 6.45) is 0. The van der Waals surface area contributed by atoms with E-state index in [1.807, 2.05) is 30.3 Å². The van der Waals surface area contributed by atoms with Crippen LogP contribution in [0.15, 0.2) is 30.3 Å². The third kappa shape index (κ3) is 4.20. The summed E-state index contributed by atoms with van der Waals surface area (Å²) in [7, 11) is -3.26. The van der Waals surface area contributed by atoms with Crippen molar-refractivity contribution in [2.75, 3.05) is 11.6 Å². The molecule has 0 saturated heterocycles. The molecule has 0 fully saturated rings.